The van der Waals surface area contributed by atoms with Crippen LogP contribution in [0.25, 0.3) is 16.9 Å². The largest absolute Gasteiger partial charge is 0.497 e. The highest BCUT2D eigenvalue weighted by Crippen LogP contribution is 2.29. The van der Waals surface area contributed by atoms with E-state index in [0.29, 0.717) is 6.61 Å². The average Bonchev–Trinajstić information content (AvgIpc) is 3.29. The van der Waals surface area contributed by atoms with E-state index in [1.165, 1.54) is 17.3 Å². The van der Waals surface area contributed by atoms with Crippen molar-refractivity contribution < 1.29 is 14.3 Å². The Morgan fingerprint density at radius 1 is 0.971 bits per heavy atom. The van der Waals surface area contributed by atoms with Gasteiger partial charge < -0.3 is 14.8 Å². The molecule has 0 radical (unpaired) electrons. The molecule has 4 rings (SSSR count). The van der Waals surface area contributed by atoms with E-state index >= 15 is 0 Å². The second-order valence-electron chi connectivity index (χ2n) is 7.64. The van der Waals surface area contributed by atoms with Crippen molar-refractivity contribution in [2.75, 3.05) is 24.8 Å². The molecular formula is C27H27N3O3S. The number of nitrogens with one attached hydrogen (secondary N) is 1. The number of aryl methyl sites for hydroxylation is 1. The highest BCUT2D eigenvalue weighted by atomic mass is 32.2. The van der Waals surface area contributed by atoms with Gasteiger partial charge in [0.05, 0.1) is 25.2 Å². The van der Waals surface area contributed by atoms with E-state index in [4.69, 9.17) is 14.5 Å². The van der Waals surface area contributed by atoms with Gasteiger partial charge in [-0.3, -0.25) is 9.36 Å². The summed E-state index contributed by atoms with van der Waals surface area (Å²) in [5.74, 6) is 1.71. The predicted molar refractivity (Wildman–Crippen MR) is 137 cm³/mol. The quantitative estimate of drug-likeness (QED) is 0.303. The number of nitrogens with zero attached hydrogens (tertiary/aromatic N) is 2. The zero-order valence-corrected chi connectivity index (χ0v) is 20.3. The average molecular weight is 474 g/mol. The lowest BCUT2D eigenvalue weighted by Crippen LogP contribution is -2.14. The first-order valence-corrected chi connectivity index (χ1v) is 12.0. The zero-order valence-electron chi connectivity index (χ0n) is 19.4. The number of hydrogen-bond donors (Lipinski definition) is 1. The molecule has 3 aromatic carbocycles. The SMILES string of the molecule is CCOc1ccc(-c2cn(-c3ccc(C)cc3)c(SCC(=O)Nc3ccc(OC)cc3)n2)cc1. The van der Waals surface area contributed by atoms with Crippen LogP contribution in [0.2, 0.25) is 0 Å². The van der Waals surface area contributed by atoms with Crippen molar-refractivity contribution in [3.63, 3.8) is 0 Å². The lowest BCUT2D eigenvalue weighted by Gasteiger charge is -2.08. The van der Waals surface area contributed by atoms with Gasteiger partial charge in [-0.2, -0.15) is 0 Å². The fourth-order valence-electron chi connectivity index (χ4n) is 3.38. The van der Waals surface area contributed by atoms with Gasteiger partial charge >= 0.3 is 0 Å². The van der Waals surface area contributed by atoms with Crippen LogP contribution >= 0.6 is 11.8 Å². The molecule has 0 aliphatic carbocycles. The van der Waals surface area contributed by atoms with E-state index in [1.807, 2.05) is 66.2 Å². The minimum absolute atomic E-state index is 0.101. The molecule has 7 heteroatoms. The number of anilines is 1. The molecule has 0 aliphatic heterocycles. The second-order valence-corrected chi connectivity index (χ2v) is 8.58. The van der Waals surface area contributed by atoms with Gasteiger partial charge in [-0.15, -0.1) is 0 Å². The van der Waals surface area contributed by atoms with Crippen LogP contribution in [-0.4, -0.2) is 34.9 Å². The number of thioether (sulfide) groups is 1. The Morgan fingerprint density at radius 2 is 1.65 bits per heavy atom. The van der Waals surface area contributed by atoms with Gasteiger partial charge in [-0.05, 0) is 74.5 Å². The Morgan fingerprint density at radius 3 is 2.29 bits per heavy atom. The molecule has 1 aromatic heterocycles. The summed E-state index contributed by atoms with van der Waals surface area (Å²) in [6, 6.07) is 23.4. The van der Waals surface area contributed by atoms with Crippen molar-refractivity contribution in [1.29, 1.82) is 0 Å². The minimum Gasteiger partial charge on any atom is -0.497 e. The number of benzene rings is 3. The summed E-state index contributed by atoms with van der Waals surface area (Å²) in [6.07, 6.45) is 2.00. The number of methoxy groups -OCH3 is 1. The first-order valence-electron chi connectivity index (χ1n) is 11.0. The molecule has 174 valence electrons. The minimum atomic E-state index is -0.101. The molecule has 0 saturated carbocycles. The number of carbonyl (C=O) groups is 1. The van der Waals surface area contributed by atoms with Gasteiger partial charge in [0.15, 0.2) is 5.16 Å². The molecule has 0 fully saturated rings. The third-order valence-electron chi connectivity index (χ3n) is 5.15. The maximum absolute atomic E-state index is 12.6. The highest BCUT2D eigenvalue weighted by molar-refractivity contribution is 7.99. The lowest BCUT2D eigenvalue weighted by atomic mass is 10.1. The Balaban J connectivity index is 1.54. The summed E-state index contributed by atoms with van der Waals surface area (Å²) in [6.45, 7) is 4.65. The van der Waals surface area contributed by atoms with Crippen molar-refractivity contribution in [3.8, 4) is 28.4 Å². The van der Waals surface area contributed by atoms with Gasteiger partial charge in [0.1, 0.15) is 11.5 Å². The van der Waals surface area contributed by atoms with E-state index in [1.54, 1.807) is 7.11 Å². The third kappa shape index (κ3) is 5.80. The molecule has 0 bridgehead atoms. The molecule has 0 atom stereocenters. The standard InChI is InChI=1S/C27H27N3O3S/c1-4-33-24-13-7-20(8-14-24)25-17-30(22-11-5-19(2)6-12-22)27(29-25)34-18-26(31)28-21-9-15-23(32-3)16-10-21/h5-17H,4,18H2,1-3H3,(H,28,31). The van der Waals surface area contributed by atoms with Crippen LogP contribution in [0.1, 0.15) is 12.5 Å². The molecule has 1 amide bonds. The summed E-state index contributed by atoms with van der Waals surface area (Å²) >= 11 is 1.40. The van der Waals surface area contributed by atoms with Crippen molar-refractivity contribution >= 4 is 23.4 Å². The highest BCUT2D eigenvalue weighted by Gasteiger charge is 2.14. The van der Waals surface area contributed by atoms with Gasteiger partial charge in [-0.1, -0.05) is 29.5 Å². The molecule has 1 heterocycles. The van der Waals surface area contributed by atoms with Crippen LogP contribution in [0.5, 0.6) is 11.5 Å². The normalized spacial score (nSPS) is 10.7. The molecule has 0 spiro atoms. The summed E-state index contributed by atoms with van der Waals surface area (Å²) in [7, 11) is 1.61. The van der Waals surface area contributed by atoms with Crippen molar-refractivity contribution in [3.05, 3.63) is 84.6 Å². The maximum Gasteiger partial charge on any atom is 0.234 e. The topological polar surface area (TPSA) is 65.4 Å². The Labute approximate surface area is 203 Å². The Hall–Kier alpha value is -3.71. The number of imidazole rings is 1. The monoisotopic (exact) mass is 473 g/mol. The first kappa shape index (κ1) is 23.4. The molecule has 6 nitrogen and oxygen atoms in total. The second kappa shape index (κ2) is 10.9. The molecular weight excluding hydrogens is 446 g/mol. The van der Waals surface area contributed by atoms with Crippen LogP contribution in [0.4, 0.5) is 5.69 Å². The summed E-state index contributed by atoms with van der Waals surface area (Å²) in [4.78, 5) is 17.4. The van der Waals surface area contributed by atoms with Gasteiger partial charge in [-0.25, -0.2) is 4.98 Å². The molecule has 0 saturated heterocycles. The predicted octanol–water partition coefficient (Wildman–Crippen LogP) is 5.99. The summed E-state index contributed by atoms with van der Waals surface area (Å²) in [5.41, 5.74) is 4.72. The van der Waals surface area contributed by atoms with E-state index in [2.05, 4.69) is 36.5 Å². The molecule has 34 heavy (non-hydrogen) atoms. The lowest BCUT2D eigenvalue weighted by molar-refractivity contribution is -0.113. The summed E-state index contributed by atoms with van der Waals surface area (Å²) < 4.78 is 12.7. The number of hydrogen-bond acceptors (Lipinski definition) is 5. The van der Waals surface area contributed by atoms with Crippen LogP contribution in [0.3, 0.4) is 0 Å². The number of amides is 1. The van der Waals surface area contributed by atoms with Crippen LogP contribution in [-0.2, 0) is 4.79 Å². The van der Waals surface area contributed by atoms with Gasteiger partial charge in [0, 0.05) is 23.1 Å². The smallest absolute Gasteiger partial charge is 0.234 e. The van der Waals surface area contributed by atoms with Gasteiger partial charge in [0.2, 0.25) is 5.91 Å². The van der Waals surface area contributed by atoms with Gasteiger partial charge in [0.25, 0.3) is 0 Å². The first-order chi connectivity index (χ1) is 16.6. The molecule has 0 unspecified atom stereocenters. The van der Waals surface area contributed by atoms with Crippen molar-refractivity contribution in [2.45, 2.75) is 19.0 Å². The third-order valence-corrected chi connectivity index (χ3v) is 6.11. The van der Waals surface area contributed by atoms with Crippen molar-refractivity contribution in [2.24, 2.45) is 0 Å². The molecule has 4 aromatic rings. The van der Waals surface area contributed by atoms with E-state index in [0.717, 1.165) is 39.3 Å². The number of ether oxygens (including phenoxy) is 2. The van der Waals surface area contributed by atoms with E-state index in [-0.39, 0.29) is 11.7 Å². The van der Waals surface area contributed by atoms with Crippen LogP contribution < -0.4 is 14.8 Å². The molecule has 0 aliphatic rings. The van der Waals surface area contributed by atoms with E-state index < -0.39 is 0 Å². The Bertz CT molecular complexity index is 1230. The number of carbonyl (C=O) groups excluding carboxylic acids is 1. The van der Waals surface area contributed by atoms with E-state index in [9.17, 15) is 4.79 Å². The van der Waals surface area contributed by atoms with Crippen LogP contribution in [0.15, 0.2) is 84.1 Å². The maximum atomic E-state index is 12.6. The fourth-order valence-corrected chi connectivity index (χ4v) is 4.18. The Kier molecular flexibility index (Phi) is 7.54. The molecule has 1 N–H and O–H groups in total. The summed E-state index contributed by atoms with van der Waals surface area (Å²) in [5, 5.41) is 3.67. The van der Waals surface area contributed by atoms with Crippen molar-refractivity contribution in [1.82, 2.24) is 9.55 Å². The number of aromatic nitrogens is 2. The van der Waals surface area contributed by atoms with Crippen LogP contribution in [0, 0.1) is 6.92 Å². The fraction of sp³-hybridized carbons (Fsp3) is 0.185. The zero-order chi connectivity index (χ0) is 23.9. The number of rotatable bonds is 9.